The number of ether oxygens (including phenoxy) is 1. The van der Waals surface area contributed by atoms with Gasteiger partial charge < -0.3 is 14.6 Å². The zero-order valence-corrected chi connectivity index (χ0v) is 22.3. The molecule has 3 fully saturated rings. The largest absolute Gasteiger partial charge is 0.497 e. The summed E-state index contributed by atoms with van der Waals surface area (Å²) >= 11 is 3.01. The molecule has 0 radical (unpaired) electrons. The monoisotopic (exact) mass is 533 g/mol. The molecule has 7 atom stereocenters. The molecule has 7 rings (SSSR count). The molecule has 7 nitrogen and oxygen atoms in total. The number of rotatable bonds is 4. The van der Waals surface area contributed by atoms with Crippen molar-refractivity contribution in [2.45, 2.75) is 22.6 Å². The molecule has 2 saturated carbocycles. The number of carbonyl (C=O) groups is 2. The second-order valence-corrected chi connectivity index (χ2v) is 12.9. The lowest BCUT2D eigenvalue weighted by Gasteiger charge is -2.43. The number of H-pyrrole nitrogens is 1. The highest BCUT2D eigenvalue weighted by Gasteiger charge is 2.69. The first-order valence-corrected chi connectivity index (χ1v) is 14.3. The van der Waals surface area contributed by atoms with Crippen LogP contribution in [0.15, 0.2) is 58.4 Å². The van der Waals surface area contributed by atoms with E-state index in [9.17, 15) is 14.4 Å². The van der Waals surface area contributed by atoms with E-state index in [1.807, 2.05) is 14.1 Å². The van der Waals surface area contributed by atoms with Gasteiger partial charge in [0.25, 0.3) is 0 Å². The molecule has 1 aromatic heterocycles. The zero-order valence-electron chi connectivity index (χ0n) is 20.7. The third-order valence-electron chi connectivity index (χ3n) is 8.82. The highest BCUT2D eigenvalue weighted by molar-refractivity contribution is 8.00. The number of anilines is 2. The van der Waals surface area contributed by atoms with Crippen LogP contribution in [0.1, 0.15) is 22.8 Å². The number of hydrogen-bond acceptors (Lipinski definition) is 7. The number of aromatic nitrogens is 1. The van der Waals surface area contributed by atoms with Crippen LogP contribution in [0, 0.1) is 29.6 Å². The summed E-state index contributed by atoms with van der Waals surface area (Å²) in [6, 6.07) is 15.7. The topological polar surface area (TPSA) is 82.7 Å². The first kappa shape index (κ1) is 23.1. The predicted molar refractivity (Wildman–Crippen MR) is 145 cm³/mol. The van der Waals surface area contributed by atoms with E-state index >= 15 is 0 Å². The predicted octanol–water partition coefficient (Wildman–Crippen LogP) is 4.19. The Morgan fingerprint density at radius 3 is 2.27 bits per heavy atom. The van der Waals surface area contributed by atoms with Crippen LogP contribution in [-0.4, -0.2) is 43.3 Å². The minimum absolute atomic E-state index is 0.0373. The van der Waals surface area contributed by atoms with Crippen LogP contribution >= 0.6 is 23.1 Å². The molecule has 37 heavy (non-hydrogen) atoms. The molecule has 1 N–H and O–H groups in total. The molecule has 2 bridgehead atoms. The Kier molecular flexibility index (Phi) is 5.14. The Labute approximate surface area is 222 Å². The number of hydrogen-bond donors (Lipinski definition) is 1. The number of carbonyl (C=O) groups excluding carboxylic acids is 2. The first-order valence-electron chi connectivity index (χ1n) is 12.6. The van der Waals surface area contributed by atoms with Crippen LogP contribution in [0.3, 0.4) is 0 Å². The lowest BCUT2D eigenvalue weighted by Crippen LogP contribution is -2.42. The molecule has 2 amide bonds. The smallest absolute Gasteiger partial charge is 0.305 e. The van der Waals surface area contributed by atoms with E-state index in [-0.39, 0.29) is 57.4 Å². The summed E-state index contributed by atoms with van der Waals surface area (Å²) < 4.78 is 5.26. The molecule has 2 aliphatic heterocycles. The summed E-state index contributed by atoms with van der Waals surface area (Å²) in [4.78, 5) is 47.6. The Morgan fingerprint density at radius 1 is 0.946 bits per heavy atom. The molecule has 4 aliphatic rings. The molecule has 9 heteroatoms. The Balaban J connectivity index is 1.29. The van der Waals surface area contributed by atoms with Crippen LogP contribution in [-0.2, 0) is 9.59 Å². The van der Waals surface area contributed by atoms with E-state index in [4.69, 9.17) is 4.74 Å². The highest BCUT2D eigenvalue weighted by Crippen LogP contribution is 2.68. The van der Waals surface area contributed by atoms with E-state index in [2.05, 4.69) is 34.1 Å². The van der Waals surface area contributed by atoms with Gasteiger partial charge in [-0.05, 0) is 66.1 Å². The van der Waals surface area contributed by atoms with Gasteiger partial charge in [-0.25, -0.2) is 0 Å². The zero-order chi connectivity index (χ0) is 25.6. The van der Waals surface area contributed by atoms with Gasteiger partial charge in [0.05, 0.1) is 29.7 Å². The molecule has 2 aromatic carbocycles. The van der Waals surface area contributed by atoms with Gasteiger partial charge in [-0.1, -0.05) is 23.5 Å². The third kappa shape index (κ3) is 3.23. The number of thiazole rings is 1. The molecule has 0 unspecified atom stereocenters. The number of thioether (sulfide) groups is 1. The van der Waals surface area contributed by atoms with Crippen LogP contribution in [0.4, 0.5) is 11.4 Å². The van der Waals surface area contributed by atoms with Crippen LogP contribution in [0.2, 0.25) is 0 Å². The number of methoxy groups -OCH3 is 1. The maximum Gasteiger partial charge on any atom is 0.305 e. The Hall–Kier alpha value is -3.04. The maximum absolute atomic E-state index is 13.8. The molecule has 1 saturated heterocycles. The van der Waals surface area contributed by atoms with Crippen LogP contribution in [0.5, 0.6) is 5.75 Å². The van der Waals surface area contributed by atoms with Crippen molar-refractivity contribution in [3.63, 3.8) is 0 Å². The normalized spacial score (nSPS) is 31.3. The lowest BCUT2D eigenvalue weighted by molar-refractivity contribution is -0.123. The summed E-state index contributed by atoms with van der Waals surface area (Å²) in [5.41, 5.74) is 2.90. The minimum atomic E-state index is -0.304. The summed E-state index contributed by atoms with van der Waals surface area (Å²) in [5.74, 6) is 0.395. The van der Waals surface area contributed by atoms with Gasteiger partial charge in [0.1, 0.15) is 5.75 Å². The minimum Gasteiger partial charge on any atom is -0.497 e. The number of aromatic amines is 1. The van der Waals surface area contributed by atoms with Gasteiger partial charge in [0, 0.05) is 35.8 Å². The van der Waals surface area contributed by atoms with Gasteiger partial charge >= 0.3 is 4.87 Å². The van der Waals surface area contributed by atoms with Crippen molar-refractivity contribution in [1.82, 2.24) is 4.98 Å². The van der Waals surface area contributed by atoms with Gasteiger partial charge in [-0.15, -0.1) is 11.8 Å². The first-order chi connectivity index (χ1) is 17.9. The molecule has 3 aromatic rings. The fraction of sp³-hybridized carbons (Fsp3) is 0.393. The standard InChI is InChI=1S/C28H27N3O4S2/c1-30(2)14-6-4-13(5-7-14)19-20-17-12-18(23(20)36-25-24(19)37-28(34)29-25)22-21(17)26(32)31(27(22)33)15-8-10-16(35-3)11-9-15/h4-11,17-23H,12H2,1-3H3,(H,29,34)/t17-,18-,19+,20+,21+,22+,23-/m1/s1. The molecule has 0 spiro atoms. The summed E-state index contributed by atoms with van der Waals surface area (Å²) in [6.45, 7) is 0. The van der Waals surface area contributed by atoms with Crippen molar-refractivity contribution in [2.75, 3.05) is 31.0 Å². The lowest BCUT2D eigenvalue weighted by atomic mass is 9.68. The van der Waals surface area contributed by atoms with Crippen molar-refractivity contribution < 1.29 is 14.3 Å². The number of amides is 2. The average Bonchev–Trinajstić information content (AvgIpc) is 3.63. The number of nitrogens with zero attached hydrogens (tertiary/aromatic N) is 2. The molecular weight excluding hydrogens is 506 g/mol. The van der Waals surface area contributed by atoms with E-state index in [1.165, 1.54) is 21.8 Å². The number of fused-ring (bicyclic) bond motifs is 9. The van der Waals surface area contributed by atoms with E-state index in [0.29, 0.717) is 11.4 Å². The average molecular weight is 534 g/mol. The Bertz CT molecular complexity index is 1460. The van der Waals surface area contributed by atoms with Crippen LogP contribution < -0.4 is 19.4 Å². The molecular formula is C28H27N3O4S2. The summed E-state index contributed by atoms with van der Waals surface area (Å²) in [7, 11) is 5.64. The van der Waals surface area contributed by atoms with Gasteiger partial charge in [-0.2, -0.15) is 0 Å². The van der Waals surface area contributed by atoms with Gasteiger partial charge in [0.2, 0.25) is 11.8 Å². The number of benzene rings is 2. The van der Waals surface area contributed by atoms with E-state index < -0.39 is 0 Å². The fourth-order valence-electron chi connectivity index (χ4n) is 7.36. The highest BCUT2D eigenvalue weighted by atomic mass is 32.2. The van der Waals surface area contributed by atoms with Crippen LogP contribution in [0.25, 0.3) is 0 Å². The second-order valence-electron chi connectivity index (χ2n) is 10.7. The maximum atomic E-state index is 13.8. The fourth-order valence-corrected chi connectivity index (χ4v) is 10.2. The van der Waals surface area contributed by atoms with Crippen molar-refractivity contribution in [1.29, 1.82) is 0 Å². The van der Waals surface area contributed by atoms with Crippen molar-refractivity contribution >= 4 is 46.3 Å². The van der Waals surface area contributed by atoms with E-state index in [1.54, 1.807) is 43.1 Å². The van der Waals surface area contributed by atoms with Gasteiger partial charge in [0.15, 0.2) is 0 Å². The van der Waals surface area contributed by atoms with Gasteiger partial charge in [-0.3, -0.25) is 19.3 Å². The third-order valence-corrected chi connectivity index (χ3v) is 11.4. The summed E-state index contributed by atoms with van der Waals surface area (Å²) in [5, 5.41) is 1.13. The van der Waals surface area contributed by atoms with Crippen molar-refractivity contribution in [3.8, 4) is 5.75 Å². The second kappa shape index (κ2) is 8.23. The number of nitrogens with one attached hydrogen (secondary N) is 1. The number of imide groups is 1. The molecule has 2 aliphatic carbocycles. The quantitative estimate of drug-likeness (QED) is 0.507. The molecule has 3 heterocycles. The molecule has 190 valence electrons. The van der Waals surface area contributed by atoms with Crippen molar-refractivity contribution in [3.05, 3.63) is 68.6 Å². The van der Waals surface area contributed by atoms with Crippen molar-refractivity contribution in [2.24, 2.45) is 29.6 Å². The SMILES string of the molecule is COc1ccc(N2C(=O)[C@H]3[C@H]4C[C@@H]([C@@H]3C2=O)[C@H]2[C@H](c3ccc(N(C)C)cc3)c3sc(=O)[nH]c3S[C@H]42)cc1. The Morgan fingerprint density at radius 2 is 1.62 bits per heavy atom. The van der Waals surface area contributed by atoms with E-state index in [0.717, 1.165) is 22.0 Å². The summed E-state index contributed by atoms with van der Waals surface area (Å²) in [6.07, 6.45) is 0.886.